The first kappa shape index (κ1) is 12.3. The molecule has 0 atom stereocenters. The van der Waals surface area contributed by atoms with E-state index in [0.717, 1.165) is 11.1 Å². The van der Waals surface area contributed by atoms with Crippen molar-refractivity contribution >= 4 is 11.0 Å². The van der Waals surface area contributed by atoms with Crippen LogP contribution in [0.2, 0.25) is 0 Å². The number of rotatable bonds is 0. The van der Waals surface area contributed by atoms with Gasteiger partial charge in [0.1, 0.15) is 0 Å². The van der Waals surface area contributed by atoms with Gasteiger partial charge in [-0.05, 0) is 11.0 Å². The van der Waals surface area contributed by atoms with Crippen molar-refractivity contribution in [1.29, 1.82) is 0 Å². The van der Waals surface area contributed by atoms with Gasteiger partial charge in [-0.1, -0.05) is 13.8 Å². The Morgan fingerprint density at radius 2 is 1.73 bits per heavy atom. The van der Waals surface area contributed by atoms with Gasteiger partial charge in [-0.3, -0.25) is 9.59 Å². The van der Waals surface area contributed by atoms with Crippen LogP contribution in [0.5, 0.6) is 0 Å². The van der Waals surface area contributed by atoms with Gasteiger partial charge < -0.3 is 9.97 Å². The van der Waals surface area contributed by atoms with Crippen LogP contribution in [0.15, 0.2) is 15.7 Å². The van der Waals surface area contributed by atoms with Gasteiger partial charge in [0.25, 0.3) is 0 Å². The number of benzene rings is 1. The Labute approximate surface area is 111 Å². The summed E-state index contributed by atoms with van der Waals surface area (Å²) in [6, 6.07) is 4.82. The Morgan fingerprint density at radius 1 is 1.13 bits per heavy atom. The molecule has 1 radical (unpaired) electrons. The van der Waals surface area contributed by atoms with Crippen LogP contribution < -0.4 is 11.1 Å². The van der Waals surface area contributed by atoms with Crippen LogP contribution in [0, 0.1) is 19.9 Å². The summed E-state index contributed by atoms with van der Waals surface area (Å²) < 4.78 is 0. The van der Waals surface area contributed by atoms with Crippen molar-refractivity contribution in [2.24, 2.45) is 0 Å². The maximum atomic E-state index is 11.0. The fourth-order valence-corrected chi connectivity index (χ4v) is 1.30. The van der Waals surface area contributed by atoms with Crippen LogP contribution in [-0.2, 0) is 32.7 Å². The Morgan fingerprint density at radius 3 is 2.40 bits per heavy atom. The van der Waals surface area contributed by atoms with E-state index in [1.54, 1.807) is 0 Å². The number of fused-ring (bicyclic) bond motifs is 1. The Hall–Kier alpha value is -0.736. The molecule has 0 bridgehead atoms. The maximum absolute atomic E-state index is 11.0. The average molecular weight is 278 g/mol. The third kappa shape index (κ3) is 2.26. The Bertz CT molecular complexity index is 558. The molecule has 4 nitrogen and oxygen atoms in total. The SMILES string of the molecule is Cc1[c-]c2[nH]c(=O)c(=O)[nH]c2cc1C.[Y]. The minimum Gasteiger partial charge on any atom is -0.369 e. The third-order valence-corrected chi connectivity index (χ3v) is 2.23. The summed E-state index contributed by atoms with van der Waals surface area (Å²) in [5, 5.41) is 0. The van der Waals surface area contributed by atoms with Crippen LogP contribution >= 0.6 is 0 Å². The van der Waals surface area contributed by atoms with E-state index in [9.17, 15) is 9.59 Å². The molecule has 2 aromatic rings. The number of H-pyrrole nitrogens is 2. The maximum Gasteiger partial charge on any atom is 0.311 e. The minimum absolute atomic E-state index is 0. The van der Waals surface area contributed by atoms with Gasteiger partial charge in [0.15, 0.2) is 0 Å². The van der Waals surface area contributed by atoms with Gasteiger partial charge >= 0.3 is 11.1 Å². The van der Waals surface area contributed by atoms with Gasteiger partial charge in [0.2, 0.25) is 0 Å². The topological polar surface area (TPSA) is 65.7 Å². The van der Waals surface area contributed by atoms with E-state index in [0.29, 0.717) is 11.0 Å². The third-order valence-electron chi connectivity index (χ3n) is 2.23. The summed E-state index contributed by atoms with van der Waals surface area (Å²) in [7, 11) is 0. The molecule has 0 fully saturated rings. The molecule has 0 aliphatic rings. The monoisotopic (exact) mass is 278 g/mol. The second-order valence-electron chi connectivity index (χ2n) is 3.27. The summed E-state index contributed by atoms with van der Waals surface area (Å²) >= 11 is 0. The van der Waals surface area contributed by atoms with Crippen molar-refractivity contribution in [2.75, 3.05) is 0 Å². The summed E-state index contributed by atoms with van der Waals surface area (Å²) in [6.45, 7) is 3.83. The fraction of sp³-hybridized carbons (Fsp3) is 0.200. The van der Waals surface area contributed by atoms with Crippen LogP contribution in [0.1, 0.15) is 11.1 Å². The smallest absolute Gasteiger partial charge is 0.311 e. The molecule has 1 aromatic heterocycles. The first-order chi connectivity index (χ1) is 6.58. The van der Waals surface area contributed by atoms with Crippen molar-refractivity contribution in [1.82, 2.24) is 9.97 Å². The molecule has 2 rings (SSSR count). The number of hydrogen-bond donors (Lipinski definition) is 2. The predicted octanol–water partition coefficient (Wildman–Crippen LogP) is 0.631. The number of hydrogen-bond acceptors (Lipinski definition) is 2. The quantitative estimate of drug-likeness (QED) is 0.548. The van der Waals surface area contributed by atoms with Gasteiger partial charge in [0.05, 0.1) is 0 Å². The number of aromatic amines is 2. The molecule has 0 aliphatic heterocycles. The van der Waals surface area contributed by atoms with Crippen molar-refractivity contribution in [3.05, 3.63) is 44.0 Å². The molecule has 15 heavy (non-hydrogen) atoms. The molecule has 0 saturated carbocycles. The van der Waals surface area contributed by atoms with E-state index < -0.39 is 11.1 Å². The normalized spacial score (nSPS) is 10.0. The predicted molar refractivity (Wildman–Crippen MR) is 53.5 cm³/mol. The summed E-state index contributed by atoms with van der Waals surface area (Å²) in [4.78, 5) is 27.0. The van der Waals surface area contributed by atoms with Crippen LogP contribution in [0.25, 0.3) is 11.0 Å². The Kier molecular flexibility index (Phi) is 3.63. The molecule has 75 valence electrons. The van der Waals surface area contributed by atoms with Gasteiger partial charge in [-0.2, -0.15) is 17.2 Å². The van der Waals surface area contributed by atoms with E-state index >= 15 is 0 Å². The molecular formula is C10H9N2O2Y-. The van der Waals surface area contributed by atoms with Crippen LogP contribution in [-0.4, -0.2) is 9.97 Å². The largest absolute Gasteiger partial charge is 0.369 e. The average Bonchev–Trinajstić information content (AvgIpc) is 2.11. The molecule has 5 heteroatoms. The number of aromatic nitrogens is 2. The number of aryl methyl sites for hydroxylation is 2. The molecule has 0 unspecified atom stereocenters. The minimum atomic E-state index is -0.642. The zero-order valence-electron chi connectivity index (χ0n) is 8.47. The second-order valence-corrected chi connectivity index (χ2v) is 3.27. The summed E-state index contributed by atoms with van der Waals surface area (Å²) in [5.41, 5.74) is 1.86. The standard InChI is InChI=1S/C10H9N2O2.Y/c1-5-3-7-8(4-6(5)2)12-10(14)9(13)11-7;/h3H,1-2H3,(H,11,13)(H,12,14);/q-1;. The van der Waals surface area contributed by atoms with Crippen LogP contribution in [0.4, 0.5) is 0 Å². The van der Waals surface area contributed by atoms with E-state index in [1.807, 2.05) is 19.9 Å². The van der Waals surface area contributed by atoms with E-state index in [4.69, 9.17) is 0 Å². The first-order valence-corrected chi connectivity index (χ1v) is 4.24. The van der Waals surface area contributed by atoms with Crippen molar-refractivity contribution in [2.45, 2.75) is 13.8 Å². The first-order valence-electron chi connectivity index (χ1n) is 4.24. The fourth-order valence-electron chi connectivity index (χ4n) is 1.30. The van der Waals surface area contributed by atoms with Crippen molar-refractivity contribution in [3.8, 4) is 0 Å². The van der Waals surface area contributed by atoms with Gasteiger partial charge in [-0.15, -0.1) is 6.07 Å². The van der Waals surface area contributed by atoms with E-state index in [1.165, 1.54) is 0 Å². The van der Waals surface area contributed by atoms with E-state index in [-0.39, 0.29) is 32.7 Å². The molecule has 1 heterocycles. The van der Waals surface area contributed by atoms with Gasteiger partial charge in [0, 0.05) is 32.7 Å². The van der Waals surface area contributed by atoms with Gasteiger partial charge in [-0.25, -0.2) is 0 Å². The molecule has 0 saturated heterocycles. The molecule has 0 spiro atoms. The molecular weight excluding hydrogens is 269 g/mol. The summed E-state index contributed by atoms with van der Waals surface area (Å²) in [5.74, 6) is 0. The zero-order chi connectivity index (χ0) is 10.3. The zero-order valence-corrected chi connectivity index (χ0v) is 11.3. The summed E-state index contributed by atoms with van der Waals surface area (Å²) in [6.07, 6.45) is 0. The molecule has 1 aromatic carbocycles. The van der Waals surface area contributed by atoms with E-state index in [2.05, 4.69) is 16.0 Å². The molecule has 0 amide bonds. The van der Waals surface area contributed by atoms with Crippen molar-refractivity contribution in [3.63, 3.8) is 0 Å². The van der Waals surface area contributed by atoms with Crippen molar-refractivity contribution < 1.29 is 32.7 Å². The molecule has 0 aliphatic carbocycles. The Balaban J connectivity index is 0.00000112. The van der Waals surface area contributed by atoms with Crippen LogP contribution in [0.3, 0.4) is 0 Å². The number of nitrogens with one attached hydrogen (secondary N) is 2. The molecule has 2 N–H and O–H groups in total. The second kappa shape index (κ2) is 4.41.